The number of hydrogen-bond acceptors (Lipinski definition) is 4. The van der Waals surface area contributed by atoms with Crippen LogP contribution in [0.1, 0.15) is 89.1 Å². The Morgan fingerprint density at radius 3 is 2.16 bits per heavy atom. The van der Waals surface area contributed by atoms with Gasteiger partial charge >= 0.3 is 21.1 Å². The number of methoxy groups -OCH3 is 1. The summed E-state index contributed by atoms with van der Waals surface area (Å²) in [6.07, 6.45) is 10.4. The van der Waals surface area contributed by atoms with Gasteiger partial charge in [-0.1, -0.05) is 91.1 Å². The fourth-order valence-electron chi connectivity index (χ4n) is 7.60. The van der Waals surface area contributed by atoms with Crippen molar-refractivity contribution in [1.82, 2.24) is 19.3 Å². The molecule has 2 unspecified atom stereocenters. The van der Waals surface area contributed by atoms with Crippen LogP contribution in [0, 0.1) is 37.8 Å². The number of pyridine rings is 1. The van der Waals surface area contributed by atoms with E-state index in [1.54, 1.807) is 13.3 Å². The minimum absolute atomic E-state index is 0. The van der Waals surface area contributed by atoms with Crippen LogP contribution in [0.4, 0.5) is 0 Å². The topological polar surface area (TPSA) is 54.1 Å². The number of aromatic nitrogens is 4. The first kappa shape index (κ1) is 41.0. The van der Waals surface area contributed by atoms with Crippen molar-refractivity contribution in [3.63, 3.8) is 0 Å². The molecule has 292 valence electrons. The largest absolute Gasteiger partial charge is 2.00 e. The summed E-state index contributed by atoms with van der Waals surface area (Å²) in [6.45, 7) is 20.5. The molecule has 0 saturated carbocycles. The minimum Gasteiger partial charge on any atom is -0.509 e. The van der Waals surface area contributed by atoms with E-state index in [1.165, 1.54) is 27.8 Å². The molecule has 7 heteroatoms. The van der Waals surface area contributed by atoms with Crippen LogP contribution in [0.25, 0.3) is 44.4 Å². The van der Waals surface area contributed by atoms with Gasteiger partial charge in [-0.15, -0.1) is 41.3 Å². The van der Waals surface area contributed by atoms with Crippen LogP contribution < -0.4 is 9.47 Å². The molecule has 3 heterocycles. The Bertz CT molecular complexity index is 2450. The molecule has 56 heavy (non-hydrogen) atoms. The van der Waals surface area contributed by atoms with Gasteiger partial charge in [0.25, 0.3) is 0 Å². The van der Waals surface area contributed by atoms with Crippen molar-refractivity contribution in [2.45, 2.75) is 93.4 Å². The van der Waals surface area contributed by atoms with Gasteiger partial charge in [-0.2, -0.15) is 11.2 Å². The van der Waals surface area contributed by atoms with Crippen LogP contribution >= 0.6 is 0 Å². The number of fused-ring (bicyclic) bond motifs is 3. The van der Waals surface area contributed by atoms with Crippen molar-refractivity contribution in [3.8, 4) is 39.9 Å². The van der Waals surface area contributed by atoms with Gasteiger partial charge in [0.2, 0.25) is 0 Å². The molecular formula is C49H54N4O2Pt. The van der Waals surface area contributed by atoms with E-state index < -0.39 is 0 Å². The molecule has 0 aliphatic heterocycles. The predicted octanol–water partition coefficient (Wildman–Crippen LogP) is 12.5. The third kappa shape index (κ3) is 8.23. The summed E-state index contributed by atoms with van der Waals surface area (Å²) in [6, 6.07) is 30.1. The molecule has 0 radical (unpaired) electrons. The summed E-state index contributed by atoms with van der Waals surface area (Å²) < 4.78 is 16.3. The van der Waals surface area contributed by atoms with Crippen LogP contribution in [0.15, 0.2) is 85.3 Å². The molecule has 4 aromatic carbocycles. The van der Waals surface area contributed by atoms with Crippen molar-refractivity contribution in [2.24, 2.45) is 11.8 Å². The molecule has 0 bridgehead atoms. The van der Waals surface area contributed by atoms with E-state index >= 15 is 0 Å². The second-order valence-electron chi connectivity index (χ2n) is 16.4. The molecule has 0 aliphatic carbocycles. The number of aryl methyl sites for hydroxylation is 2. The fourth-order valence-corrected chi connectivity index (χ4v) is 7.60. The van der Waals surface area contributed by atoms with Gasteiger partial charge < -0.3 is 14.0 Å². The van der Waals surface area contributed by atoms with E-state index in [-0.39, 0.29) is 26.5 Å². The van der Waals surface area contributed by atoms with E-state index in [4.69, 9.17) is 19.6 Å². The van der Waals surface area contributed by atoms with Gasteiger partial charge in [-0.25, -0.2) is 4.98 Å². The predicted molar refractivity (Wildman–Crippen MR) is 226 cm³/mol. The van der Waals surface area contributed by atoms with E-state index in [1.807, 2.05) is 35.1 Å². The Balaban J connectivity index is 0.00000532. The second-order valence-corrected chi connectivity index (χ2v) is 16.4. The Morgan fingerprint density at radius 2 is 1.50 bits per heavy atom. The van der Waals surface area contributed by atoms with Crippen molar-refractivity contribution >= 4 is 21.8 Å². The number of rotatable bonds is 12. The number of benzene rings is 4. The Labute approximate surface area is 347 Å². The number of hydrogen-bond donors (Lipinski definition) is 0. The number of ether oxygens (including phenoxy) is 2. The summed E-state index contributed by atoms with van der Waals surface area (Å²) >= 11 is 0. The smallest absolute Gasteiger partial charge is 0.509 e. The average Bonchev–Trinajstić information content (AvgIpc) is 3.79. The van der Waals surface area contributed by atoms with Crippen LogP contribution in [0.3, 0.4) is 0 Å². The summed E-state index contributed by atoms with van der Waals surface area (Å²) in [5, 5.41) is 7.18. The molecule has 7 rings (SSSR count). The monoisotopic (exact) mass is 925 g/mol. The summed E-state index contributed by atoms with van der Waals surface area (Å²) in [7, 11) is 1.67. The maximum absolute atomic E-state index is 6.68. The van der Waals surface area contributed by atoms with Crippen molar-refractivity contribution in [2.75, 3.05) is 7.11 Å². The maximum atomic E-state index is 6.68. The molecule has 6 nitrogen and oxygen atoms in total. The molecule has 2 atom stereocenters. The van der Waals surface area contributed by atoms with E-state index in [2.05, 4.69) is 128 Å². The standard InChI is InChI=1S/C49H54N4O2.Pt/c1-11-31(3)21-43-33(5)23-34(6)44(22-32(4)12-2)48(43)35-29-51-52(30-35)37-24-36(49(7,8)9)25-40(26-37)55-39-17-18-42-41-15-13-14-16-45(41)53(46(42)27-39)47-28-38(54-10)19-20-50-47;/h13-20,23-25,28-32H,11-12,21-22H2,1-10H3;/q-2;+2. The normalized spacial score (nSPS) is 12.8. The van der Waals surface area contributed by atoms with Crippen LogP contribution in [-0.2, 0) is 39.3 Å². The van der Waals surface area contributed by atoms with Gasteiger partial charge in [0.1, 0.15) is 11.6 Å². The quantitative estimate of drug-likeness (QED) is 0.115. The van der Waals surface area contributed by atoms with Gasteiger partial charge in [0, 0.05) is 41.0 Å². The first-order chi connectivity index (χ1) is 26.4. The van der Waals surface area contributed by atoms with Gasteiger partial charge in [-0.05, 0) is 95.0 Å². The molecule has 0 saturated heterocycles. The third-order valence-corrected chi connectivity index (χ3v) is 11.3. The van der Waals surface area contributed by atoms with Gasteiger partial charge in [-0.3, -0.25) is 4.68 Å². The summed E-state index contributed by atoms with van der Waals surface area (Å²) in [5.74, 6) is 3.87. The average molecular weight is 926 g/mol. The Hall–Kier alpha value is -4.67. The molecule has 0 spiro atoms. The maximum Gasteiger partial charge on any atom is 2.00 e. The zero-order valence-electron chi connectivity index (χ0n) is 34.5. The Kier molecular flexibility index (Phi) is 12.3. The van der Waals surface area contributed by atoms with E-state index in [9.17, 15) is 0 Å². The zero-order valence-corrected chi connectivity index (χ0v) is 36.8. The summed E-state index contributed by atoms with van der Waals surface area (Å²) in [5.41, 5.74) is 11.9. The molecule has 3 aromatic heterocycles. The third-order valence-electron chi connectivity index (χ3n) is 11.3. The molecule has 0 N–H and O–H groups in total. The fraction of sp³-hybridized carbons (Fsp3) is 0.347. The van der Waals surface area contributed by atoms with Crippen LogP contribution in [0.5, 0.6) is 17.2 Å². The molecule has 0 amide bonds. The molecule has 7 aromatic rings. The van der Waals surface area contributed by atoms with Crippen LogP contribution in [-0.4, -0.2) is 26.4 Å². The first-order valence-electron chi connectivity index (χ1n) is 19.8. The molecule has 0 fully saturated rings. The molecule has 0 aliphatic rings. The SMILES string of the molecule is CCC(C)Cc1c(C)cc(C)c(CC(C)CC)c1-c1cnn(-c2[c-]c(Oc3[c-]c4c(cc3)c3ccccc3n4-c3cc(OC)ccn3)cc(C(C)(C)C)c2)c1.[Pt+2]. The first-order valence-corrected chi connectivity index (χ1v) is 19.8. The van der Waals surface area contributed by atoms with E-state index in [0.29, 0.717) is 23.3 Å². The second kappa shape index (κ2) is 16.8. The van der Waals surface area contributed by atoms with Crippen molar-refractivity contribution in [3.05, 3.63) is 125 Å². The summed E-state index contributed by atoms with van der Waals surface area (Å²) in [4.78, 5) is 4.71. The van der Waals surface area contributed by atoms with Crippen molar-refractivity contribution < 1.29 is 30.5 Å². The van der Waals surface area contributed by atoms with Crippen LogP contribution in [0.2, 0.25) is 0 Å². The van der Waals surface area contributed by atoms with Gasteiger partial charge in [0.15, 0.2) is 0 Å². The Morgan fingerprint density at radius 1 is 0.804 bits per heavy atom. The number of nitrogens with zero attached hydrogens (tertiary/aromatic N) is 4. The minimum atomic E-state index is -0.142. The van der Waals surface area contributed by atoms with Crippen molar-refractivity contribution in [1.29, 1.82) is 0 Å². The molecular weight excluding hydrogens is 872 g/mol. The number of para-hydroxylation sites is 1. The zero-order chi connectivity index (χ0) is 39.0. The van der Waals surface area contributed by atoms with E-state index in [0.717, 1.165) is 75.9 Å². The van der Waals surface area contributed by atoms with Gasteiger partial charge in [0.05, 0.1) is 13.3 Å².